The van der Waals surface area contributed by atoms with Crippen molar-refractivity contribution in [3.05, 3.63) is 23.5 Å². The zero-order chi connectivity index (χ0) is 21.3. The van der Waals surface area contributed by atoms with E-state index in [1.165, 1.54) is 0 Å². The normalized spacial score (nSPS) is 23.8. The number of nitrogens with zero attached hydrogens (tertiary/aromatic N) is 5. The zero-order valence-corrected chi connectivity index (χ0v) is 16.9. The second-order valence-electron chi connectivity index (χ2n) is 7.89. The molecule has 11 nitrogen and oxygen atoms in total. The quantitative estimate of drug-likeness (QED) is 0.481. The second-order valence-corrected chi connectivity index (χ2v) is 7.89. The topological polar surface area (TPSA) is 156 Å². The van der Waals surface area contributed by atoms with Gasteiger partial charge in [0.25, 0.3) is 0 Å². The van der Waals surface area contributed by atoms with Crippen LogP contribution in [0, 0.1) is 0 Å². The lowest BCUT2D eigenvalue weighted by Crippen LogP contribution is -2.49. The summed E-state index contributed by atoms with van der Waals surface area (Å²) in [5.74, 6) is 0.277. The Hall–Kier alpha value is -3.21. The molecule has 3 atom stereocenters. The van der Waals surface area contributed by atoms with E-state index in [-0.39, 0.29) is 36.8 Å². The Bertz CT molecular complexity index is 978. The molecule has 2 amide bonds. The summed E-state index contributed by atoms with van der Waals surface area (Å²) in [5, 5.41) is 16.6. The third-order valence-corrected chi connectivity index (χ3v) is 5.67. The highest BCUT2D eigenvalue weighted by Gasteiger charge is 2.29. The standard InChI is InChI=1S/C19H27N9O2/c1-27-10-12(8-24-27)13-9-25-28-16(20)6-15(26-18(13)28)11-2-3-14(23-7-11)19(30)22-5-4-17(21)29/h6,8-9,11-12,14,23H,2-5,7,10,20H2,1H3,(H2,21,29)(H,22,30)/t11-,12?,14-/m0/s1. The molecule has 160 valence electrons. The first-order valence-electron chi connectivity index (χ1n) is 10.1. The van der Waals surface area contributed by atoms with Crippen LogP contribution in [0.3, 0.4) is 0 Å². The first-order chi connectivity index (χ1) is 14.4. The molecular formula is C19H27N9O2. The average Bonchev–Trinajstić information content (AvgIpc) is 3.34. The molecule has 0 saturated carbocycles. The minimum atomic E-state index is -0.430. The number of aromatic nitrogens is 3. The van der Waals surface area contributed by atoms with Crippen LogP contribution in [0.1, 0.15) is 42.4 Å². The Kier molecular flexibility index (Phi) is 5.53. The summed E-state index contributed by atoms with van der Waals surface area (Å²) in [4.78, 5) is 27.9. The maximum absolute atomic E-state index is 12.2. The minimum absolute atomic E-state index is 0.111. The Labute approximate surface area is 173 Å². The van der Waals surface area contributed by atoms with Crippen molar-refractivity contribution in [3.63, 3.8) is 0 Å². The lowest BCUT2D eigenvalue weighted by Gasteiger charge is -2.29. The maximum atomic E-state index is 12.2. The average molecular weight is 413 g/mol. The molecular weight excluding hydrogens is 386 g/mol. The molecule has 0 spiro atoms. The van der Waals surface area contributed by atoms with Gasteiger partial charge in [0.05, 0.1) is 17.9 Å². The van der Waals surface area contributed by atoms with Crippen LogP contribution in [0.15, 0.2) is 17.4 Å². The SMILES string of the molecule is CN1CC(c2cnn3c(N)cc([C@H]4CC[C@@H](C(=O)NCCC(N)=O)NC4)nc23)C=N1. The van der Waals surface area contributed by atoms with Crippen LogP contribution < -0.4 is 22.1 Å². The fourth-order valence-corrected chi connectivity index (χ4v) is 4.01. The number of nitrogens with one attached hydrogen (secondary N) is 2. The second kappa shape index (κ2) is 8.27. The van der Waals surface area contributed by atoms with Gasteiger partial charge in [-0.1, -0.05) is 0 Å². The molecule has 1 unspecified atom stereocenters. The largest absolute Gasteiger partial charge is 0.384 e. The van der Waals surface area contributed by atoms with Crippen molar-refractivity contribution >= 4 is 29.5 Å². The van der Waals surface area contributed by atoms with E-state index < -0.39 is 5.91 Å². The zero-order valence-electron chi connectivity index (χ0n) is 16.9. The molecule has 1 fully saturated rings. The first-order valence-corrected chi connectivity index (χ1v) is 10.1. The highest BCUT2D eigenvalue weighted by molar-refractivity contribution is 5.82. The number of nitrogen functional groups attached to an aromatic ring is 1. The van der Waals surface area contributed by atoms with Crippen LogP contribution in [-0.2, 0) is 9.59 Å². The van der Waals surface area contributed by atoms with Crippen LogP contribution in [0.5, 0.6) is 0 Å². The number of rotatable bonds is 6. The van der Waals surface area contributed by atoms with Crippen LogP contribution in [0.25, 0.3) is 5.65 Å². The molecule has 0 aliphatic carbocycles. The van der Waals surface area contributed by atoms with Crippen molar-refractivity contribution in [1.29, 1.82) is 0 Å². The molecule has 6 N–H and O–H groups in total. The molecule has 0 radical (unpaired) electrons. The van der Waals surface area contributed by atoms with Crippen molar-refractivity contribution in [2.24, 2.45) is 10.8 Å². The third kappa shape index (κ3) is 4.06. The molecule has 1 saturated heterocycles. The third-order valence-electron chi connectivity index (χ3n) is 5.67. The van der Waals surface area contributed by atoms with Gasteiger partial charge in [-0.3, -0.25) is 14.6 Å². The highest BCUT2D eigenvalue weighted by atomic mass is 16.2. The molecule has 2 aromatic heterocycles. The predicted molar refractivity (Wildman–Crippen MR) is 112 cm³/mol. The summed E-state index contributed by atoms with van der Waals surface area (Å²) in [7, 11) is 1.93. The van der Waals surface area contributed by atoms with E-state index in [0.29, 0.717) is 18.8 Å². The van der Waals surface area contributed by atoms with E-state index in [0.717, 1.165) is 29.9 Å². The fourth-order valence-electron chi connectivity index (χ4n) is 4.01. The number of nitrogens with two attached hydrogens (primary N) is 2. The van der Waals surface area contributed by atoms with Crippen molar-refractivity contribution in [2.45, 2.75) is 37.1 Å². The number of hydrogen-bond donors (Lipinski definition) is 4. The Balaban J connectivity index is 1.45. The van der Waals surface area contributed by atoms with Gasteiger partial charge in [-0.15, -0.1) is 0 Å². The molecule has 0 bridgehead atoms. The van der Waals surface area contributed by atoms with Gasteiger partial charge in [-0.2, -0.15) is 14.7 Å². The summed E-state index contributed by atoms with van der Waals surface area (Å²) in [6, 6.07) is 1.57. The van der Waals surface area contributed by atoms with Crippen molar-refractivity contribution in [3.8, 4) is 0 Å². The number of amides is 2. The van der Waals surface area contributed by atoms with Crippen LogP contribution >= 0.6 is 0 Å². The highest BCUT2D eigenvalue weighted by Crippen LogP contribution is 2.29. The first kappa shape index (κ1) is 20.1. The number of primary amides is 1. The van der Waals surface area contributed by atoms with Gasteiger partial charge in [0.2, 0.25) is 11.8 Å². The van der Waals surface area contributed by atoms with Gasteiger partial charge in [0.15, 0.2) is 5.65 Å². The van der Waals surface area contributed by atoms with E-state index in [1.54, 1.807) is 4.52 Å². The van der Waals surface area contributed by atoms with E-state index >= 15 is 0 Å². The summed E-state index contributed by atoms with van der Waals surface area (Å²) in [6.07, 6.45) is 5.33. The Morgan fingerprint density at radius 1 is 1.37 bits per heavy atom. The molecule has 0 aromatic carbocycles. The van der Waals surface area contributed by atoms with Gasteiger partial charge < -0.3 is 22.1 Å². The predicted octanol–water partition coefficient (Wildman–Crippen LogP) is -0.846. The Morgan fingerprint density at radius 2 is 2.20 bits per heavy atom. The van der Waals surface area contributed by atoms with Crippen molar-refractivity contribution in [1.82, 2.24) is 30.2 Å². The number of carbonyl (C=O) groups excluding carboxylic acids is 2. The molecule has 2 aliphatic heterocycles. The van der Waals surface area contributed by atoms with Gasteiger partial charge in [0.1, 0.15) is 5.82 Å². The molecule has 11 heteroatoms. The number of piperidine rings is 1. The molecule has 4 rings (SSSR count). The van der Waals surface area contributed by atoms with Gasteiger partial charge in [-0.05, 0) is 12.8 Å². The number of carbonyl (C=O) groups is 2. The molecule has 2 aliphatic rings. The number of hydrazone groups is 1. The van der Waals surface area contributed by atoms with E-state index in [4.69, 9.17) is 16.5 Å². The molecule has 2 aromatic rings. The summed E-state index contributed by atoms with van der Waals surface area (Å²) in [5.41, 5.74) is 14.0. The molecule has 4 heterocycles. The minimum Gasteiger partial charge on any atom is -0.384 e. The number of fused-ring (bicyclic) bond motifs is 1. The maximum Gasteiger partial charge on any atom is 0.237 e. The van der Waals surface area contributed by atoms with Crippen molar-refractivity contribution < 1.29 is 9.59 Å². The van der Waals surface area contributed by atoms with Crippen LogP contribution in [-0.4, -0.2) is 70.4 Å². The lowest BCUT2D eigenvalue weighted by molar-refractivity contribution is -0.124. The van der Waals surface area contributed by atoms with Gasteiger partial charge in [-0.25, -0.2) is 4.98 Å². The summed E-state index contributed by atoms with van der Waals surface area (Å²) in [6.45, 7) is 1.66. The van der Waals surface area contributed by atoms with E-state index in [9.17, 15) is 9.59 Å². The van der Waals surface area contributed by atoms with Crippen LogP contribution in [0.2, 0.25) is 0 Å². The van der Waals surface area contributed by atoms with Gasteiger partial charge in [0, 0.05) is 62.8 Å². The number of hydrogen-bond acceptors (Lipinski definition) is 8. The van der Waals surface area contributed by atoms with Crippen molar-refractivity contribution in [2.75, 3.05) is 32.4 Å². The fraction of sp³-hybridized carbons (Fsp3) is 0.526. The van der Waals surface area contributed by atoms with Gasteiger partial charge >= 0.3 is 0 Å². The smallest absolute Gasteiger partial charge is 0.237 e. The van der Waals surface area contributed by atoms with Crippen LogP contribution in [0.4, 0.5) is 5.82 Å². The number of anilines is 1. The monoisotopic (exact) mass is 413 g/mol. The lowest BCUT2D eigenvalue weighted by atomic mass is 9.91. The molecule has 30 heavy (non-hydrogen) atoms. The summed E-state index contributed by atoms with van der Waals surface area (Å²) >= 11 is 0. The number of likely N-dealkylation sites (N-methyl/N-ethyl adjacent to an activating group) is 1. The van der Waals surface area contributed by atoms with E-state index in [1.807, 2.05) is 30.5 Å². The Morgan fingerprint density at radius 3 is 2.87 bits per heavy atom. The van der Waals surface area contributed by atoms with E-state index in [2.05, 4.69) is 20.8 Å². The summed E-state index contributed by atoms with van der Waals surface area (Å²) < 4.78 is 1.66.